The Balaban J connectivity index is 2.01. The average molecular weight is 298 g/mol. The molecule has 2 amide bonds. The molecule has 1 fully saturated rings. The maximum Gasteiger partial charge on any atom is 0.323 e. The van der Waals surface area contributed by atoms with Crippen LogP contribution in [0.4, 0.5) is 9.93 Å². The summed E-state index contributed by atoms with van der Waals surface area (Å²) in [4.78, 5) is 25.1. The molecular formula is C12H18N4O3S. The molecule has 1 saturated heterocycles. The molecule has 1 aromatic rings. The van der Waals surface area contributed by atoms with E-state index in [1.165, 1.54) is 11.3 Å². The predicted octanol–water partition coefficient (Wildman–Crippen LogP) is 1.96. The number of nitrogens with zero attached hydrogens (tertiary/aromatic N) is 3. The number of carboxylic acids is 1. The van der Waals surface area contributed by atoms with Gasteiger partial charge < -0.3 is 10.0 Å². The molecule has 0 bridgehead atoms. The molecule has 1 aliphatic heterocycles. The summed E-state index contributed by atoms with van der Waals surface area (Å²) in [6.07, 6.45) is 1.88. The molecule has 2 N–H and O–H groups in total. The van der Waals surface area contributed by atoms with Crippen LogP contribution in [-0.4, -0.2) is 45.3 Å². The average Bonchev–Trinajstić information content (AvgIpc) is 2.98. The van der Waals surface area contributed by atoms with Crippen molar-refractivity contribution in [2.75, 3.05) is 18.4 Å². The van der Waals surface area contributed by atoms with Gasteiger partial charge in [0.15, 0.2) is 0 Å². The third-order valence-electron chi connectivity index (χ3n) is 3.56. The molecule has 2 heterocycles. The zero-order valence-electron chi connectivity index (χ0n) is 11.5. The quantitative estimate of drug-likeness (QED) is 0.886. The van der Waals surface area contributed by atoms with Gasteiger partial charge in [-0.25, -0.2) is 4.79 Å². The molecule has 7 nitrogen and oxygen atoms in total. The van der Waals surface area contributed by atoms with Gasteiger partial charge in [-0.2, -0.15) is 0 Å². The Labute approximate surface area is 121 Å². The van der Waals surface area contributed by atoms with E-state index in [4.69, 9.17) is 0 Å². The summed E-state index contributed by atoms with van der Waals surface area (Å²) in [5.41, 5.74) is -0.802. The van der Waals surface area contributed by atoms with Crippen LogP contribution < -0.4 is 5.32 Å². The molecule has 0 spiro atoms. The number of nitrogens with one attached hydrogen (secondary N) is 1. The molecule has 1 aliphatic rings. The Morgan fingerprint density at radius 3 is 2.80 bits per heavy atom. The number of aromatic nitrogens is 2. The van der Waals surface area contributed by atoms with Gasteiger partial charge in [-0.05, 0) is 19.8 Å². The zero-order chi connectivity index (χ0) is 14.8. The fourth-order valence-corrected chi connectivity index (χ4v) is 3.11. The smallest absolute Gasteiger partial charge is 0.323 e. The van der Waals surface area contributed by atoms with Crippen LogP contribution in [0.15, 0.2) is 0 Å². The Kier molecular flexibility index (Phi) is 4.22. The molecule has 20 heavy (non-hydrogen) atoms. The molecule has 0 aromatic carbocycles. The maximum atomic E-state index is 12.1. The largest absolute Gasteiger partial charge is 0.481 e. The van der Waals surface area contributed by atoms with Crippen LogP contribution in [0.2, 0.25) is 0 Å². The summed E-state index contributed by atoms with van der Waals surface area (Å²) in [7, 11) is 0. The Morgan fingerprint density at radius 2 is 2.25 bits per heavy atom. The van der Waals surface area contributed by atoms with Gasteiger partial charge in [-0.15, -0.1) is 10.2 Å². The number of carbonyl (C=O) groups is 2. The first-order valence-electron chi connectivity index (χ1n) is 6.56. The lowest BCUT2D eigenvalue weighted by Gasteiger charge is -2.24. The van der Waals surface area contributed by atoms with E-state index in [-0.39, 0.29) is 12.6 Å². The van der Waals surface area contributed by atoms with Crippen LogP contribution in [-0.2, 0) is 4.79 Å². The number of hydrogen-bond acceptors (Lipinski definition) is 5. The maximum absolute atomic E-state index is 12.1. The summed E-state index contributed by atoms with van der Waals surface area (Å²) >= 11 is 1.29. The summed E-state index contributed by atoms with van der Waals surface area (Å²) in [5.74, 6) is -0.818. The lowest BCUT2D eigenvalue weighted by Crippen LogP contribution is -2.38. The monoisotopic (exact) mass is 298 g/mol. The normalized spacial score (nSPS) is 22.0. The van der Waals surface area contributed by atoms with Crippen LogP contribution in [0.5, 0.6) is 0 Å². The van der Waals surface area contributed by atoms with E-state index in [9.17, 15) is 14.7 Å². The lowest BCUT2D eigenvalue weighted by atomic mass is 9.83. The number of urea groups is 1. The van der Waals surface area contributed by atoms with E-state index < -0.39 is 11.4 Å². The number of amides is 2. The minimum Gasteiger partial charge on any atom is -0.481 e. The van der Waals surface area contributed by atoms with Crippen LogP contribution in [0.25, 0.3) is 0 Å². The Hall–Kier alpha value is -1.70. The van der Waals surface area contributed by atoms with Crippen molar-refractivity contribution in [2.45, 2.75) is 33.1 Å². The van der Waals surface area contributed by atoms with Crippen LogP contribution in [0, 0.1) is 12.3 Å². The lowest BCUT2D eigenvalue weighted by molar-refractivity contribution is -0.148. The van der Waals surface area contributed by atoms with Gasteiger partial charge in [0, 0.05) is 13.1 Å². The summed E-state index contributed by atoms with van der Waals surface area (Å²) in [6, 6.07) is -0.305. The van der Waals surface area contributed by atoms with Gasteiger partial charge in [0.2, 0.25) is 5.13 Å². The third-order valence-corrected chi connectivity index (χ3v) is 4.32. The van der Waals surface area contributed by atoms with Gasteiger partial charge in [0.05, 0.1) is 5.41 Å². The third kappa shape index (κ3) is 2.90. The molecular weight excluding hydrogens is 280 g/mol. The van der Waals surface area contributed by atoms with Gasteiger partial charge in [-0.1, -0.05) is 24.7 Å². The molecule has 1 aromatic heterocycles. The Bertz CT molecular complexity index is 519. The van der Waals surface area contributed by atoms with Crippen molar-refractivity contribution in [1.82, 2.24) is 15.1 Å². The second kappa shape index (κ2) is 5.74. The van der Waals surface area contributed by atoms with Gasteiger partial charge in [0.25, 0.3) is 0 Å². The molecule has 2 rings (SSSR count). The molecule has 0 aliphatic carbocycles. The fourth-order valence-electron chi connectivity index (χ4n) is 2.53. The summed E-state index contributed by atoms with van der Waals surface area (Å²) < 4.78 is 0. The molecule has 1 atom stereocenters. The summed E-state index contributed by atoms with van der Waals surface area (Å²) in [6.45, 7) is 4.47. The SMILES string of the molecule is CCCC1(C(=O)O)CCN(C(=O)Nc2nnc(C)s2)C1. The van der Waals surface area contributed by atoms with E-state index in [1.807, 2.05) is 6.92 Å². The first-order chi connectivity index (χ1) is 9.47. The number of rotatable bonds is 4. The highest BCUT2D eigenvalue weighted by atomic mass is 32.1. The second-order valence-corrected chi connectivity index (χ2v) is 6.25. The van der Waals surface area contributed by atoms with E-state index in [2.05, 4.69) is 15.5 Å². The van der Waals surface area contributed by atoms with E-state index >= 15 is 0 Å². The van der Waals surface area contributed by atoms with Gasteiger partial charge in [-0.3, -0.25) is 10.1 Å². The van der Waals surface area contributed by atoms with Gasteiger partial charge in [0.1, 0.15) is 5.01 Å². The standard InChI is InChI=1S/C12H18N4O3S/c1-3-4-12(9(17)18)5-6-16(7-12)11(19)13-10-15-14-8(2)20-10/h3-7H2,1-2H3,(H,17,18)(H,13,15,19). The van der Waals surface area contributed by atoms with Crippen molar-refractivity contribution in [3.8, 4) is 0 Å². The minimum atomic E-state index is -0.818. The number of hydrogen-bond donors (Lipinski definition) is 2. The first-order valence-corrected chi connectivity index (χ1v) is 7.38. The first kappa shape index (κ1) is 14.7. The van der Waals surface area contributed by atoms with E-state index in [0.29, 0.717) is 24.5 Å². The molecule has 1 unspecified atom stereocenters. The van der Waals surface area contributed by atoms with Crippen LogP contribution in [0.3, 0.4) is 0 Å². The summed E-state index contributed by atoms with van der Waals surface area (Å²) in [5, 5.41) is 20.9. The number of aryl methyl sites for hydroxylation is 1. The topological polar surface area (TPSA) is 95.4 Å². The second-order valence-electron chi connectivity index (χ2n) is 5.06. The molecule has 110 valence electrons. The Morgan fingerprint density at radius 1 is 1.50 bits per heavy atom. The predicted molar refractivity (Wildman–Crippen MR) is 74.8 cm³/mol. The number of carbonyl (C=O) groups excluding carboxylic acids is 1. The zero-order valence-corrected chi connectivity index (χ0v) is 12.4. The van der Waals surface area contributed by atoms with Gasteiger partial charge >= 0.3 is 12.0 Å². The van der Waals surface area contributed by atoms with Crippen molar-refractivity contribution in [2.24, 2.45) is 5.41 Å². The van der Waals surface area contributed by atoms with Crippen molar-refractivity contribution in [3.05, 3.63) is 5.01 Å². The van der Waals surface area contributed by atoms with Crippen LogP contribution in [0.1, 0.15) is 31.2 Å². The highest BCUT2D eigenvalue weighted by Gasteiger charge is 2.45. The molecule has 0 radical (unpaired) electrons. The molecule has 8 heteroatoms. The van der Waals surface area contributed by atoms with Crippen LogP contribution >= 0.6 is 11.3 Å². The minimum absolute atomic E-state index is 0.250. The van der Waals surface area contributed by atoms with E-state index in [0.717, 1.165) is 11.4 Å². The van der Waals surface area contributed by atoms with Crippen molar-refractivity contribution in [1.29, 1.82) is 0 Å². The van der Waals surface area contributed by atoms with Crippen molar-refractivity contribution < 1.29 is 14.7 Å². The highest BCUT2D eigenvalue weighted by molar-refractivity contribution is 7.15. The fraction of sp³-hybridized carbons (Fsp3) is 0.667. The number of likely N-dealkylation sites (tertiary alicyclic amines) is 1. The number of anilines is 1. The van der Waals surface area contributed by atoms with E-state index in [1.54, 1.807) is 11.8 Å². The molecule has 0 saturated carbocycles. The number of carboxylic acid groups (broad SMARTS) is 1. The number of aliphatic carboxylic acids is 1. The van der Waals surface area contributed by atoms with Crippen molar-refractivity contribution >= 4 is 28.5 Å². The highest BCUT2D eigenvalue weighted by Crippen LogP contribution is 2.35. The van der Waals surface area contributed by atoms with Crippen molar-refractivity contribution in [3.63, 3.8) is 0 Å².